The second kappa shape index (κ2) is 7.70. The van der Waals surface area contributed by atoms with Crippen LogP contribution in [0.5, 0.6) is 0 Å². The van der Waals surface area contributed by atoms with Crippen molar-refractivity contribution in [3.8, 4) is 0 Å². The van der Waals surface area contributed by atoms with Crippen LogP contribution >= 0.6 is 0 Å². The van der Waals surface area contributed by atoms with Gasteiger partial charge in [-0.2, -0.15) is 0 Å². The van der Waals surface area contributed by atoms with Gasteiger partial charge in [-0.3, -0.25) is 9.78 Å². The van der Waals surface area contributed by atoms with Crippen molar-refractivity contribution < 1.29 is 9.53 Å². The molecule has 1 amide bonds. The second-order valence-corrected chi connectivity index (χ2v) is 6.50. The highest BCUT2D eigenvalue weighted by atomic mass is 16.5. The molecule has 2 aromatic rings. The first-order chi connectivity index (χ1) is 12.8. The standard InChI is InChI=1S/C19H23N5O2/c25-19(24-9-11-26-12-10-24)16-13-17(15-20-14-16)22-5-7-23(8-6-22)18-3-1-2-4-21-18/h1-4,13-15H,5-12H2. The molecule has 0 aliphatic carbocycles. The van der Waals surface area contributed by atoms with Crippen molar-refractivity contribution in [2.45, 2.75) is 0 Å². The molecule has 2 fully saturated rings. The van der Waals surface area contributed by atoms with Crippen LogP contribution in [0.15, 0.2) is 42.9 Å². The fourth-order valence-corrected chi connectivity index (χ4v) is 3.40. The first-order valence-electron chi connectivity index (χ1n) is 9.04. The number of ether oxygens (including phenoxy) is 1. The third-order valence-corrected chi connectivity index (χ3v) is 4.89. The SMILES string of the molecule is O=C(c1cncc(N2CCN(c3ccccn3)CC2)c1)N1CCOCC1. The molecule has 0 unspecified atom stereocenters. The van der Waals surface area contributed by atoms with Gasteiger partial charge in [-0.15, -0.1) is 0 Å². The normalized spacial score (nSPS) is 18.1. The van der Waals surface area contributed by atoms with Crippen molar-refractivity contribution in [1.29, 1.82) is 0 Å². The highest BCUT2D eigenvalue weighted by Crippen LogP contribution is 2.20. The number of hydrogen-bond acceptors (Lipinski definition) is 6. The van der Waals surface area contributed by atoms with Gasteiger partial charge in [0.2, 0.25) is 0 Å². The van der Waals surface area contributed by atoms with Crippen LogP contribution in [0.25, 0.3) is 0 Å². The second-order valence-electron chi connectivity index (χ2n) is 6.50. The van der Waals surface area contributed by atoms with Gasteiger partial charge in [-0.25, -0.2) is 4.98 Å². The summed E-state index contributed by atoms with van der Waals surface area (Å²) in [6, 6.07) is 7.95. The lowest BCUT2D eigenvalue weighted by Crippen LogP contribution is -2.47. The third kappa shape index (κ3) is 3.62. The van der Waals surface area contributed by atoms with Crippen molar-refractivity contribution in [1.82, 2.24) is 14.9 Å². The Bertz CT molecular complexity index is 741. The molecule has 2 aliphatic rings. The first-order valence-corrected chi connectivity index (χ1v) is 9.04. The number of amides is 1. The summed E-state index contributed by atoms with van der Waals surface area (Å²) in [5.41, 5.74) is 1.65. The highest BCUT2D eigenvalue weighted by molar-refractivity contribution is 5.94. The lowest BCUT2D eigenvalue weighted by molar-refractivity contribution is 0.0302. The first kappa shape index (κ1) is 16.8. The molecule has 4 heterocycles. The number of hydrogen-bond donors (Lipinski definition) is 0. The molecule has 2 aromatic heterocycles. The molecule has 0 aromatic carbocycles. The topological polar surface area (TPSA) is 61.8 Å². The van der Waals surface area contributed by atoms with E-state index in [0.717, 1.165) is 37.7 Å². The van der Waals surface area contributed by atoms with Crippen molar-refractivity contribution in [3.63, 3.8) is 0 Å². The van der Waals surface area contributed by atoms with Crippen molar-refractivity contribution in [2.75, 3.05) is 62.3 Å². The zero-order chi connectivity index (χ0) is 17.8. The number of anilines is 2. The van der Waals surface area contributed by atoms with E-state index in [9.17, 15) is 4.79 Å². The number of rotatable bonds is 3. The molecule has 7 heteroatoms. The Morgan fingerprint density at radius 1 is 0.962 bits per heavy atom. The van der Waals surface area contributed by atoms with E-state index in [1.165, 1.54) is 0 Å². The molecule has 0 spiro atoms. The van der Waals surface area contributed by atoms with Gasteiger partial charge in [-0.05, 0) is 18.2 Å². The van der Waals surface area contributed by atoms with E-state index in [1.54, 1.807) is 6.20 Å². The minimum atomic E-state index is 0.0368. The molecule has 0 radical (unpaired) electrons. The van der Waals surface area contributed by atoms with Gasteiger partial charge in [0.05, 0.1) is 30.7 Å². The van der Waals surface area contributed by atoms with Crippen LogP contribution in [0.4, 0.5) is 11.5 Å². The van der Waals surface area contributed by atoms with Crippen LogP contribution in [0.1, 0.15) is 10.4 Å². The van der Waals surface area contributed by atoms with E-state index < -0.39 is 0 Å². The van der Waals surface area contributed by atoms with E-state index in [2.05, 4.69) is 19.8 Å². The van der Waals surface area contributed by atoms with Crippen LogP contribution in [0.3, 0.4) is 0 Å². The van der Waals surface area contributed by atoms with Gasteiger partial charge in [0.15, 0.2) is 0 Å². The largest absolute Gasteiger partial charge is 0.378 e. The summed E-state index contributed by atoms with van der Waals surface area (Å²) in [7, 11) is 0. The summed E-state index contributed by atoms with van der Waals surface area (Å²) in [6.45, 7) is 6.07. The summed E-state index contributed by atoms with van der Waals surface area (Å²) in [5.74, 6) is 1.05. The summed E-state index contributed by atoms with van der Waals surface area (Å²) in [5, 5.41) is 0. The quantitative estimate of drug-likeness (QED) is 0.828. The van der Waals surface area contributed by atoms with E-state index in [4.69, 9.17) is 4.74 Å². The van der Waals surface area contributed by atoms with E-state index in [0.29, 0.717) is 31.9 Å². The minimum Gasteiger partial charge on any atom is -0.378 e. The molecular weight excluding hydrogens is 330 g/mol. The summed E-state index contributed by atoms with van der Waals surface area (Å²) >= 11 is 0. The lowest BCUT2D eigenvalue weighted by atomic mass is 10.2. The number of nitrogens with zero attached hydrogens (tertiary/aromatic N) is 5. The number of aromatic nitrogens is 2. The monoisotopic (exact) mass is 353 g/mol. The van der Waals surface area contributed by atoms with Crippen LogP contribution in [0, 0.1) is 0 Å². The van der Waals surface area contributed by atoms with E-state index in [1.807, 2.05) is 41.6 Å². The zero-order valence-electron chi connectivity index (χ0n) is 14.8. The Balaban J connectivity index is 1.42. The Morgan fingerprint density at radius 2 is 1.73 bits per heavy atom. The maximum atomic E-state index is 12.7. The number of pyridine rings is 2. The lowest BCUT2D eigenvalue weighted by Gasteiger charge is -2.36. The Labute approximate surface area is 153 Å². The molecule has 26 heavy (non-hydrogen) atoms. The van der Waals surface area contributed by atoms with Gasteiger partial charge in [0, 0.05) is 51.7 Å². The summed E-state index contributed by atoms with van der Waals surface area (Å²) < 4.78 is 5.32. The van der Waals surface area contributed by atoms with Gasteiger partial charge in [0.1, 0.15) is 5.82 Å². The average molecular weight is 353 g/mol. The number of carbonyl (C=O) groups excluding carboxylic acids is 1. The zero-order valence-corrected chi connectivity index (χ0v) is 14.8. The molecule has 136 valence electrons. The summed E-state index contributed by atoms with van der Waals surface area (Å²) in [4.78, 5) is 27.8. The van der Waals surface area contributed by atoms with Gasteiger partial charge >= 0.3 is 0 Å². The Kier molecular flexibility index (Phi) is 4.97. The summed E-state index contributed by atoms with van der Waals surface area (Å²) in [6.07, 6.45) is 5.32. The number of carbonyl (C=O) groups is 1. The molecule has 0 N–H and O–H groups in total. The smallest absolute Gasteiger partial charge is 0.255 e. The maximum Gasteiger partial charge on any atom is 0.255 e. The van der Waals surface area contributed by atoms with Crippen molar-refractivity contribution >= 4 is 17.4 Å². The van der Waals surface area contributed by atoms with Crippen molar-refractivity contribution in [2.24, 2.45) is 0 Å². The predicted molar refractivity (Wildman–Crippen MR) is 99.6 cm³/mol. The van der Waals surface area contributed by atoms with E-state index in [-0.39, 0.29) is 5.91 Å². The highest BCUT2D eigenvalue weighted by Gasteiger charge is 2.22. The molecule has 7 nitrogen and oxygen atoms in total. The molecule has 0 atom stereocenters. The van der Waals surface area contributed by atoms with Gasteiger partial charge < -0.3 is 19.4 Å². The van der Waals surface area contributed by atoms with Crippen LogP contribution < -0.4 is 9.80 Å². The average Bonchev–Trinajstić information content (AvgIpc) is 2.75. The molecule has 2 saturated heterocycles. The molecular formula is C19H23N5O2. The van der Waals surface area contributed by atoms with Crippen LogP contribution in [-0.2, 0) is 4.74 Å². The fraction of sp³-hybridized carbons (Fsp3) is 0.421. The van der Waals surface area contributed by atoms with Crippen molar-refractivity contribution in [3.05, 3.63) is 48.4 Å². The Hall–Kier alpha value is -2.67. The molecule has 0 saturated carbocycles. The van der Waals surface area contributed by atoms with Gasteiger partial charge in [-0.1, -0.05) is 6.07 Å². The molecule has 4 rings (SSSR count). The van der Waals surface area contributed by atoms with Crippen LogP contribution in [0.2, 0.25) is 0 Å². The maximum absolute atomic E-state index is 12.7. The third-order valence-electron chi connectivity index (χ3n) is 4.89. The van der Waals surface area contributed by atoms with Crippen LogP contribution in [-0.4, -0.2) is 73.3 Å². The number of piperazine rings is 1. The predicted octanol–water partition coefficient (Wildman–Crippen LogP) is 1.28. The molecule has 2 aliphatic heterocycles. The van der Waals surface area contributed by atoms with E-state index >= 15 is 0 Å². The Morgan fingerprint density at radius 3 is 2.46 bits per heavy atom. The molecule has 0 bridgehead atoms. The minimum absolute atomic E-state index is 0.0368. The number of morpholine rings is 1. The van der Waals surface area contributed by atoms with Gasteiger partial charge in [0.25, 0.3) is 5.91 Å². The fourth-order valence-electron chi connectivity index (χ4n) is 3.40.